The molecular formula is C28H25F3N5OS+. The summed E-state index contributed by atoms with van der Waals surface area (Å²) in [5.41, 5.74) is 8.85. The van der Waals surface area contributed by atoms with Gasteiger partial charge < -0.3 is 15.4 Å². The molecule has 0 aromatic heterocycles. The highest BCUT2D eigenvalue weighted by Crippen LogP contribution is 2.29. The molecule has 0 radical (unpaired) electrons. The first-order valence-corrected chi connectivity index (χ1v) is 11.9. The number of aryl methyl sites for hydroxylation is 2. The molecule has 10 heteroatoms. The Morgan fingerprint density at radius 2 is 1.68 bits per heavy atom. The number of thiocarbonyl (C=S) groups is 1. The number of nitrogens with two attached hydrogens (primary N) is 1. The Balaban J connectivity index is 1.46. The Kier molecular flexibility index (Phi) is 7.92. The van der Waals surface area contributed by atoms with Gasteiger partial charge in [0.2, 0.25) is 0 Å². The number of rotatable bonds is 7. The maximum Gasteiger partial charge on any atom is 0.573 e. The van der Waals surface area contributed by atoms with Crippen LogP contribution in [0.15, 0.2) is 77.9 Å². The number of hydrogen-bond acceptors (Lipinski definition) is 4. The smallest absolute Gasteiger partial charge is 0.406 e. The highest BCUT2D eigenvalue weighted by atomic mass is 32.1. The van der Waals surface area contributed by atoms with Gasteiger partial charge in [-0.15, -0.1) is 13.2 Å². The van der Waals surface area contributed by atoms with Gasteiger partial charge in [0.05, 0.1) is 17.5 Å². The Hall–Kier alpha value is -4.44. The summed E-state index contributed by atoms with van der Waals surface area (Å²) in [6, 6.07) is 21.0. The van der Waals surface area contributed by atoms with Gasteiger partial charge >= 0.3 is 6.36 Å². The van der Waals surface area contributed by atoms with E-state index in [1.54, 1.807) is 6.21 Å². The van der Waals surface area contributed by atoms with Crippen LogP contribution in [0.1, 0.15) is 22.3 Å². The van der Waals surface area contributed by atoms with E-state index in [2.05, 4.69) is 25.9 Å². The molecule has 6 nitrogen and oxygen atoms in total. The molecule has 38 heavy (non-hydrogen) atoms. The van der Waals surface area contributed by atoms with Crippen molar-refractivity contribution < 1.29 is 23.3 Å². The van der Waals surface area contributed by atoms with Crippen LogP contribution in [0.25, 0.3) is 10.8 Å². The van der Waals surface area contributed by atoms with Gasteiger partial charge in [0.15, 0.2) is 11.3 Å². The second-order valence-corrected chi connectivity index (χ2v) is 8.87. The summed E-state index contributed by atoms with van der Waals surface area (Å²) in [7, 11) is 0. The van der Waals surface area contributed by atoms with Crippen molar-refractivity contribution in [3.05, 3.63) is 95.1 Å². The summed E-state index contributed by atoms with van der Waals surface area (Å²) in [6.07, 6.45) is -1.59. The first kappa shape index (κ1) is 26.6. The van der Waals surface area contributed by atoms with Crippen LogP contribution in [0.5, 0.6) is 5.75 Å². The fourth-order valence-corrected chi connectivity index (χ4v) is 4.11. The summed E-state index contributed by atoms with van der Waals surface area (Å²) >= 11 is 5.36. The van der Waals surface area contributed by atoms with Gasteiger partial charge in [-0.1, -0.05) is 36.4 Å². The first-order valence-electron chi connectivity index (χ1n) is 11.5. The number of nitrogens with one attached hydrogen (secondary N) is 3. The molecule has 0 bridgehead atoms. The van der Waals surface area contributed by atoms with E-state index < -0.39 is 6.36 Å². The lowest BCUT2D eigenvalue weighted by Crippen LogP contribution is -2.30. The van der Waals surface area contributed by atoms with Crippen molar-refractivity contribution in [2.24, 2.45) is 5.10 Å². The van der Waals surface area contributed by atoms with Crippen LogP contribution in [0.2, 0.25) is 0 Å². The fraction of sp³-hybridized carbons (Fsp3) is 0.107. The highest BCUT2D eigenvalue weighted by molar-refractivity contribution is 7.80. The molecule has 0 aliphatic rings. The van der Waals surface area contributed by atoms with Crippen molar-refractivity contribution in [2.75, 3.05) is 10.6 Å². The second-order valence-electron chi connectivity index (χ2n) is 8.46. The Bertz CT molecular complexity index is 1500. The number of halogens is 3. The van der Waals surface area contributed by atoms with Crippen LogP contribution in [-0.2, 0) is 0 Å². The molecule has 0 atom stereocenters. The van der Waals surface area contributed by atoms with Gasteiger partial charge in [-0.2, -0.15) is 5.10 Å². The van der Waals surface area contributed by atoms with Crippen LogP contribution in [0.4, 0.5) is 30.2 Å². The van der Waals surface area contributed by atoms with E-state index in [1.807, 2.05) is 62.4 Å². The fourth-order valence-electron chi connectivity index (χ4n) is 3.96. The number of hydrazone groups is 1. The van der Waals surface area contributed by atoms with Gasteiger partial charge in [0.25, 0.3) is 0 Å². The van der Waals surface area contributed by atoms with Gasteiger partial charge in [0, 0.05) is 11.4 Å². The summed E-state index contributed by atoms with van der Waals surface area (Å²) in [4.78, 5) is 0. The van der Waals surface area contributed by atoms with Gasteiger partial charge in [0.1, 0.15) is 5.75 Å². The first-order chi connectivity index (χ1) is 18.1. The van der Waals surface area contributed by atoms with Crippen molar-refractivity contribution in [2.45, 2.75) is 20.2 Å². The monoisotopic (exact) mass is 536 g/mol. The van der Waals surface area contributed by atoms with Crippen molar-refractivity contribution in [1.29, 1.82) is 0 Å². The van der Waals surface area contributed by atoms with Gasteiger partial charge in [-0.05, 0) is 89.9 Å². The molecule has 194 valence electrons. The van der Waals surface area contributed by atoms with E-state index in [1.165, 1.54) is 30.5 Å². The molecule has 0 saturated carbocycles. The summed E-state index contributed by atoms with van der Waals surface area (Å²) in [5.74, 6) is -0.294. The number of para-hydroxylation sites is 1. The normalized spacial score (nSPS) is 11.4. The molecular weight excluding hydrogens is 511 g/mol. The number of ether oxygens (including phenoxy) is 1. The third kappa shape index (κ3) is 6.65. The zero-order chi connectivity index (χ0) is 27.3. The lowest BCUT2D eigenvalue weighted by atomic mass is 10.0. The number of hydrogen-bond donors (Lipinski definition) is 4. The van der Waals surface area contributed by atoms with E-state index in [9.17, 15) is 13.2 Å². The van der Waals surface area contributed by atoms with Crippen molar-refractivity contribution in [1.82, 2.24) is 5.43 Å². The van der Waals surface area contributed by atoms with E-state index in [0.717, 1.165) is 38.7 Å². The summed E-state index contributed by atoms with van der Waals surface area (Å²) in [6.45, 7) is 4.01. The Morgan fingerprint density at radius 3 is 2.34 bits per heavy atom. The van der Waals surface area contributed by atoms with E-state index in [4.69, 9.17) is 17.6 Å². The minimum Gasteiger partial charge on any atom is -0.406 e. The standard InChI is InChI=1S/C28H24F3N5OS/c1-17-4-3-5-18(2)26(17)35-27(38)36-33-16-19-6-12-23-20(14-19)7-13-25(24(23)15-32)34-21-8-10-22(11-9-21)37-28(29,30)31/h3-16,32,34H,1-2H3,(H2,35,36,38)/p+1/b32-15?,33-16+. The zero-order valence-electron chi connectivity index (χ0n) is 20.6. The molecule has 5 N–H and O–H groups in total. The van der Waals surface area contributed by atoms with Crippen molar-refractivity contribution in [3.63, 3.8) is 0 Å². The number of benzene rings is 4. The molecule has 0 amide bonds. The third-order valence-electron chi connectivity index (χ3n) is 5.72. The average Bonchev–Trinajstić information content (AvgIpc) is 2.86. The predicted molar refractivity (Wildman–Crippen MR) is 150 cm³/mol. The van der Waals surface area contributed by atoms with Crippen LogP contribution in [0.3, 0.4) is 0 Å². The molecule has 0 unspecified atom stereocenters. The van der Waals surface area contributed by atoms with Gasteiger partial charge in [-0.3, -0.25) is 10.8 Å². The van der Waals surface area contributed by atoms with Crippen molar-refractivity contribution in [3.8, 4) is 5.75 Å². The molecule has 0 heterocycles. The molecule has 0 fully saturated rings. The maximum absolute atomic E-state index is 12.4. The topological polar surface area (TPSA) is 83.3 Å². The molecule has 0 aliphatic carbocycles. The SMILES string of the molecule is Cc1cccc(C)c1NC(=S)N/N=C/c1ccc2c(C=[NH2+])c(Nc3ccc(OC(F)(F)F)cc3)ccc2c1. The zero-order valence-corrected chi connectivity index (χ0v) is 21.4. The van der Waals surface area contributed by atoms with Crippen LogP contribution in [-0.4, -0.2) is 23.9 Å². The lowest BCUT2D eigenvalue weighted by Gasteiger charge is -2.13. The van der Waals surface area contributed by atoms with E-state index >= 15 is 0 Å². The van der Waals surface area contributed by atoms with E-state index in [0.29, 0.717) is 16.5 Å². The minimum absolute atomic E-state index is 0.294. The molecule has 4 rings (SSSR count). The average molecular weight is 537 g/mol. The number of anilines is 3. The highest BCUT2D eigenvalue weighted by Gasteiger charge is 2.30. The summed E-state index contributed by atoms with van der Waals surface area (Å²) < 4.78 is 41.1. The minimum atomic E-state index is -4.74. The van der Waals surface area contributed by atoms with Gasteiger partial charge in [-0.25, -0.2) is 0 Å². The van der Waals surface area contributed by atoms with Crippen LogP contribution < -0.4 is 26.2 Å². The van der Waals surface area contributed by atoms with E-state index in [-0.39, 0.29) is 5.75 Å². The Morgan fingerprint density at radius 1 is 0.974 bits per heavy atom. The maximum atomic E-state index is 12.4. The summed E-state index contributed by atoms with van der Waals surface area (Å²) in [5, 5.41) is 18.7. The number of fused-ring (bicyclic) bond motifs is 1. The molecule has 0 aliphatic heterocycles. The molecule has 4 aromatic carbocycles. The van der Waals surface area contributed by atoms with Crippen LogP contribution in [0, 0.1) is 13.8 Å². The van der Waals surface area contributed by atoms with Crippen molar-refractivity contribution >= 4 is 57.6 Å². The largest absolute Gasteiger partial charge is 0.573 e. The number of alkyl halides is 3. The lowest BCUT2D eigenvalue weighted by molar-refractivity contribution is -0.274. The predicted octanol–water partition coefficient (Wildman–Crippen LogP) is 5.60. The third-order valence-corrected chi connectivity index (χ3v) is 5.91. The molecule has 0 saturated heterocycles. The molecule has 0 spiro atoms. The molecule has 4 aromatic rings. The Labute approximate surface area is 223 Å². The van der Waals surface area contributed by atoms with Crippen LogP contribution >= 0.6 is 12.2 Å². The number of nitrogens with zero attached hydrogens (tertiary/aromatic N) is 1. The second kappa shape index (κ2) is 11.3. The quantitative estimate of drug-likeness (QED) is 0.141.